The van der Waals surface area contributed by atoms with Crippen LogP contribution < -0.4 is 4.74 Å². The number of hydrogen-bond acceptors (Lipinski definition) is 3. The van der Waals surface area contributed by atoms with Gasteiger partial charge in [0.05, 0.1) is 18.1 Å². The highest BCUT2D eigenvalue weighted by atomic mass is 16.5. The SMILES string of the molecule is CC1CCC(=O)c2cc(CC(=O)O)ccc2O1. The molecule has 0 saturated heterocycles. The molecule has 0 aliphatic carbocycles. The minimum Gasteiger partial charge on any atom is -0.490 e. The van der Waals surface area contributed by atoms with Gasteiger partial charge in [-0.2, -0.15) is 0 Å². The van der Waals surface area contributed by atoms with Crippen molar-refractivity contribution in [1.82, 2.24) is 0 Å². The first kappa shape index (κ1) is 11.6. The Morgan fingerprint density at radius 2 is 2.29 bits per heavy atom. The zero-order chi connectivity index (χ0) is 12.4. The number of Topliss-reactive ketones (excluding diaryl/α,β-unsaturated/α-hetero) is 1. The highest BCUT2D eigenvalue weighted by Gasteiger charge is 2.21. The van der Waals surface area contributed by atoms with Gasteiger partial charge < -0.3 is 9.84 Å². The maximum Gasteiger partial charge on any atom is 0.307 e. The molecule has 0 spiro atoms. The van der Waals surface area contributed by atoms with E-state index in [4.69, 9.17) is 9.84 Å². The Bertz CT molecular complexity index is 464. The van der Waals surface area contributed by atoms with Crippen LogP contribution in [0.5, 0.6) is 5.75 Å². The molecular formula is C13H14O4. The molecule has 2 rings (SSSR count). The van der Waals surface area contributed by atoms with Gasteiger partial charge >= 0.3 is 5.97 Å². The van der Waals surface area contributed by atoms with E-state index in [0.29, 0.717) is 29.7 Å². The monoisotopic (exact) mass is 234 g/mol. The molecule has 17 heavy (non-hydrogen) atoms. The summed E-state index contributed by atoms with van der Waals surface area (Å²) in [7, 11) is 0. The van der Waals surface area contributed by atoms with E-state index >= 15 is 0 Å². The van der Waals surface area contributed by atoms with E-state index in [1.54, 1.807) is 18.2 Å². The summed E-state index contributed by atoms with van der Waals surface area (Å²) in [6.07, 6.45) is 1.09. The highest BCUT2D eigenvalue weighted by molar-refractivity contribution is 5.99. The fourth-order valence-corrected chi connectivity index (χ4v) is 1.93. The molecule has 0 bridgehead atoms. The standard InChI is InChI=1S/C13H14O4/c1-8-2-4-11(14)10-6-9(7-13(15)16)3-5-12(10)17-8/h3,5-6,8H,2,4,7H2,1H3,(H,15,16). The molecule has 1 unspecified atom stereocenters. The number of ether oxygens (including phenoxy) is 1. The number of benzene rings is 1. The lowest BCUT2D eigenvalue weighted by Gasteiger charge is -2.12. The van der Waals surface area contributed by atoms with Crippen molar-refractivity contribution in [2.75, 3.05) is 0 Å². The number of rotatable bonds is 2. The third-order valence-corrected chi connectivity index (χ3v) is 2.81. The molecule has 1 N–H and O–H groups in total. The summed E-state index contributed by atoms with van der Waals surface area (Å²) >= 11 is 0. The van der Waals surface area contributed by atoms with Crippen molar-refractivity contribution >= 4 is 11.8 Å². The highest BCUT2D eigenvalue weighted by Crippen LogP contribution is 2.27. The lowest BCUT2D eigenvalue weighted by Crippen LogP contribution is -2.09. The Morgan fingerprint density at radius 1 is 1.53 bits per heavy atom. The molecule has 4 nitrogen and oxygen atoms in total. The second-order valence-electron chi connectivity index (χ2n) is 4.29. The molecule has 1 aromatic carbocycles. The van der Waals surface area contributed by atoms with E-state index in [9.17, 15) is 9.59 Å². The molecule has 1 heterocycles. The minimum atomic E-state index is -0.902. The molecule has 0 radical (unpaired) electrons. The summed E-state index contributed by atoms with van der Waals surface area (Å²) in [4.78, 5) is 22.5. The molecule has 0 amide bonds. The smallest absolute Gasteiger partial charge is 0.307 e. The summed E-state index contributed by atoms with van der Waals surface area (Å²) < 4.78 is 5.62. The maximum atomic E-state index is 11.9. The average molecular weight is 234 g/mol. The van der Waals surface area contributed by atoms with Crippen molar-refractivity contribution in [3.05, 3.63) is 29.3 Å². The third kappa shape index (κ3) is 2.64. The Labute approximate surface area is 99.2 Å². The first-order valence-corrected chi connectivity index (χ1v) is 5.61. The molecule has 90 valence electrons. The molecule has 0 fully saturated rings. The van der Waals surface area contributed by atoms with Crippen molar-refractivity contribution in [2.24, 2.45) is 0 Å². The Kier molecular flexibility index (Phi) is 3.13. The molecule has 4 heteroatoms. The number of carbonyl (C=O) groups is 2. The minimum absolute atomic E-state index is 0.0190. The van der Waals surface area contributed by atoms with E-state index in [1.165, 1.54) is 0 Å². The summed E-state index contributed by atoms with van der Waals surface area (Å²) in [6, 6.07) is 5.01. The number of carboxylic acids is 1. The molecule has 0 aromatic heterocycles. The normalized spacial score (nSPS) is 19.1. The van der Waals surface area contributed by atoms with Crippen molar-refractivity contribution < 1.29 is 19.4 Å². The van der Waals surface area contributed by atoms with Crippen LogP contribution in [-0.4, -0.2) is 23.0 Å². The molecule has 1 aliphatic heterocycles. The van der Waals surface area contributed by atoms with Crippen LogP contribution in [0.25, 0.3) is 0 Å². The van der Waals surface area contributed by atoms with Crippen LogP contribution in [0.3, 0.4) is 0 Å². The second kappa shape index (κ2) is 4.57. The van der Waals surface area contributed by atoms with Gasteiger partial charge in [0, 0.05) is 6.42 Å². The lowest BCUT2D eigenvalue weighted by atomic mass is 10.0. The van der Waals surface area contributed by atoms with Gasteiger partial charge in [-0.1, -0.05) is 6.07 Å². The van der Waals surface area contributed by atoms with Crippen molar-refractivity contribution in [3.63, 3.8) is 0 Å². The van der Waals surface area contributed by atoms with Crippen molar-refractivity contribution in [3.8, 4) is 5.75 Å². The number of fused-ring (bicyclic) bond motifs is 1. The van der Waals surface area contributed by atoms with Crippen LogP contribution in [0.15, 0.2) is 18.2 Å². The predicted molar refractivity (Wildman–Crippen MR) is 61.4 cm³/mol. The fourth-order valence-electron chi connectivity index (χ4n) is 1.93. The largest absolute Gasteiger partial charge is 0.490 e. The predicted octanol–water partition coefficient (Wildman–Crippen LogP) is 2.06. The van der Waals surface area contributed by atoms with Crippen LogP contribution in [0.1, 0.15) is 35.7 Å². The third-order valence-electron chi connectivity index (χ3n) is 2.81. The number of carboxylic acid groups (broad SMARTS) is 1. The van der Waals surface area contributed by atoms with E-state index < -0.39 is 5.97 Å². The van der Waals surface area contributed by atoms with E-state index in [2.05, 4.69) is 0 Å². The van der Waals surface area contributed by atoms with Crippen LogP contribution in [0.2, 0.25) is 0 Å². The average Bonchev–Trinajstić information content (AvgIpc) is 2.39. The van der Waals surface area contributed by atoms with Crippen LogP contribution in [0.4, 0.5) is 0 Å². The summed E-state index contributed by atoms with van der Waals surface area (Å²) in [5.41, 5.74) is 1.14. The number of aliphatic carboxylic acids is 1. The van der Waals surface area contributed by atoms with E-state index in [-0.39, 0.29) is 18.3 Å². The van der Waals surface area contributed by atoms with Gasteiger partial charge in [0.2, 0.25) is 0 Å². The van der Waals surface area contributed by atoms with Gasteiger partial charge in [0.1, 0.15) is 5.75 Å². The summed E-state index contributed by atoms with van der Waals surface area (Å²) in [5, 5.41) is 8.72. The lowest BCUT2D eigenvalue weighted by molar-refractivity contribution is -0.136. The van der Waals surface area contributed by atoms with Crippen molar-refractivity contribution in [2.45, 2.75) is 32.3 Å². The number of carbonyl (C=O) groups excluding carboxylic acids is 1. The summed E-state index contributed by atoms with van der Waals surface area (Å²) in [6.45, 7) is 1.92. The molecule has 1 aliphatic rings. The topological polar surface area (TPSA) is 63.6 Å². The van der Waals surface area contributed by atoms with Gasteiger partial charge in [-0.25, -0.2) is 0 Å². The first-order chi connectivity index (χ1) is 8.06. The van der Waals surface area contributed by atoms with Crippen LogP contribution in [0, 0.1) is 0 Å². The van der Waals surface area contributed by atoms with E-state index in [0.717, 1.165) is 0 Å². The van der Waals surface area contributed by atoms with Gasteiger partial charge in [0.25, 0.3) is 0 Å². The summed E-state index contributed by atoms with van der Waals surface area (Å²) in [5.74, 6) is -0.314. The van der Waals surface area contributed by atoms with Gasteiger partial charge in [-0.05, 0) is 31.0 Å². The number of hydrogen-bond donors (Lipinski definition) is 1. The Balaban J connectivity index is 2.36. The maximum absolute atomic E-state index is 11.9. The van der Waals surface area contributed by atoms with Gasteiger partial charge in [-0.3, -0.25) is 9.59 Å². The van der Waals surface area contributed by atoms with Crippen LogP contribution >= 0.6 is 0 Å². The molecule has 1 aromatic rings. The van der Waals surface area contributed by atoms with Gasteiger partial charge in [-0.15, -0.1) is 0 Å². The number of ketones is 1. The first-order valence-electron chi connectivity index (χ1n) is 5.61. The zero-order valence-electron chi connectivity index (χ0n) is 9.60. The Hall–Kier alpha value is -1.84. The quantitative estimate of drug-likeness (QED) is 0.850. The second-order valence-corrected chi connectivity index (χ2v) is 4.29. The Morgan fingerprint density at radius 3 is 3.00 bits per heavy atom. The molecule has 1 atom stereocenters. The van der Waals surface area contributed by atoms with Crippen molar-refractivity contribution in [1.29, 1.82) is 0 Å². The molecular weight excluding hydrogens is 220 g/mol. The van der Waals surface area contributed by atoms with Gasteiger partial charge in [0.15, 0.2) is 5.78 Å². The molecule has 0 saturated carbocycles. The zero-order valence-corrected chi connectivity index (χ0v) is 9.60. The van der Waals surface area contributed by atoms with E-state index in [1.807, 2.05) is 6.92 Å². The van der Waals surface area contributed by atoms with Crippen LogP contribution in [-0.2, 0) is 11.2 Å². The fraction of sp³-hybridized carbons (Fsp3) is 0.385.